The van der Waals surface area contributed by atoms with E-state index < -0.39 is 0 Å². The molecule has 1 radical (unpaired) electrons. The van der Waals surface area contributed by atoms with Crippen LogP contribution in [-0.4, -0.2) is 13.0 Å². The van der Waals surface area contributed by atoms with Crippen LogP contribution in [-0.2, 0) is 4.79 Å². The van der Waals surface area contributed by atoms with Crippen molar-refractivity contribution in [2.45, 2.75) is 26.6 Å². The average Bonchev–Trinajstić information content (AvgIpc) is 1.86. The van der Waals surface area contributed by atoms with Crippen molar-refractivity contribution in [2.24, 2.45) is 5.41 Å². The summed E-state index contributed by atoms with van der Waals surface area (Å²) in [6, 6.07) is 0. The molecular weight excluding hydrogens is 98.9 g/mol. The van der Waals surface area contributed by atoms with E-state index in [1.165, 1.54) is 0 Å². The van der Waals surface area contributed by atoms with Gasteiger partial charge in [-0.15, -0.1) is 0 Å². The largest absolute Gasteiger partial charge is 0.311 e. The van der Waals surface area contributed by atoms with Gasteiger partial charge in [0.05, 0.1) is 5.68 Å². The van der Waals surface area contributed by atoms with Crippen molar-refractivity contribution in [3.05, 3.63) is 0 Å². The fraction of sp³-hybridized carbons (Fsp3) is 0.833. The van der Waals surface area contributed by atoms with Crippen molar-refractivity contribution in [1.29, 1.82) is 0 Å². The first-order chi connectivity index (χ1) is 3.63. The van der Waals surface area contributed by atoms with Crippen LogP contribution in [0.5, 0.6) is 0 Å². The maximum atomic E-state index is 10.8. The highest BCUT2D eigenvalue weighted by Crippen LogP contribution is 2.29. The van der Waals surface area contributed by atoms with Crippen LogP contribution in [0.3, 0.4) is 0 Å². The van der Waals surface area contributed by atoms with Crippen LogP contribution in [0.4, 0.5) is 0 Å². The first-order valence-electron chi connectivity index (χ1n) is 3.00. The van der Waals surface area contributed by atoms with Gasteiger partial charge in [-0.2, -0.15) is 0 Å². The molecule has 1 saturated heterocycles. The fourth-order valence-electron chi connectivity index (χ4n) is 0.964. The van der Waals surface area contributed by atoms with E-state index >= 15 is 0 Å². The van der Waals surface area contributed by atoms with Gasteiger partial charge in [0, 0.05) is 5.41 Å². The van der Waals surface area contributed by atoms with Gasteiger partial charge in [-0.1, -0.05) is 20.2 Å². The maximum Gasteiger partial charge on any atom is 0.203 e. The molecule has 1 heterocycles. The smallest absolute Gasteiger partial charge is 0.203 e. The molecule has 8 heavy (non-hydrogen) atoms. The zero-order chi connectivity index (χ0) is 6.20. The Hall–Kier alpha value is -0.265. The van der Waals surface area contributed by atoms with Crippen LogP contribution in [0.15, 0.2) is 0 Å². The summed E-state index contributed by atoms with van der Waals surface area (Å²) in [5, 5.41) is 0. The minimum absolute atomic E-state index is 0.0417. The Balaban J connectivity index is 2.68. The molecule has 0 atom stereocenters. The third-order valence-corrected chi connectivity index (χ3v) is 1.77. The second-order valence-corrected chi connectivity index (χ2v) is 2.99. The summed E-state index contributed by atoms with van der Waals surface area (Å²) in [7, 11) is 1.79. The van der Waals surface area contributed by atoms with E-state index in [0.29, 0.717) is 5.68 Å². The molecule has 0 amide bonds. The zero-order valence-electron chi connectivity index (χ0n) is 5.40. The van der Waals surface area contributed by atoms with Gasteiger partial charge in [-0.05, 0) is 6.42 Å². The monoisotopic (exact) mass is 109 g/mol. The highest BCUT2D eigenvalue weighted by molar-refractivity contribution is 6.76. The predicted molar refractivity (Wildman–Crippen MR) is 34.0 cm³/mol. The lowest BCUT2D eigenvalue weighted by Crippen LogP contribution is -2.19. The minimum atomic E-state index is -0.0417. The molecular formula is C6H10BO. The molecule has 0 N–H and O–H groups in total. The van der Waals surface area contributed by atoms with Crippen molar-refractivity contribution in [3.63, 3.8) is 0 Å². The van der Waals surface area contributed by atoms with Crippen molar-refractivity contribution in [3.8, 4) is 0 Å². The van der Waals surface area contributed by atoms with E-state index in [1.807, 2.05) is 13.8 Å². The molecule has 0 saturated carbocycles. The number of rotatable bonds is 0. The molecule has 2 heteroatoms. The average molecular weight is 109 g/mol. The van der Waals surface area contributed by atoms with Crippen molar-refractivity contribution < 1.29 is 4.79 Å². The summed E-state index contributed by atoms with van der Waals surface area (Å²) in [5.41, 5.74) is 0.275. The Morgan fingerprint density at radius 1 is 1.62 bits per heavy atom. The SMILES string of the molecule is CC1(C)CC[B]C1=O. The topological polar surface area (TPSA) is 17.1 Å². The molecule has 0 aliphatic carbocycles. The lowest BCUT2D eigenvalue weighted by Gasteiger charge is -2.13. The van der Waals surface area contributed by atoms with Gasteiger partial charge in [0.15, 0.2) is 0 Å². The molecule has 1 aliphatic rings. The van der Waals surface area contributed by atoms with E-state index in [9.17, 15) is 4.79 Å². The molecule has 1 nitrogen and oxygen atoms in total. The Morgan fingerprint density at radius 3 is 2.38 bits per heavy atom. The summed E-state index contributed by atoms with van der Waals surface area (Å²) in [6.07, 6.45) is 2.01. The molecule has 0 spiro atoms. The molecule has 0 bridgehead atoms. The van der Waals surface area contributed by atoms with E-state index in [0.717, 1.165) is 12.7 Å². The highest BCUT2D eigenvalue weighted by Gasteiger charge is 2.32. The molecule has 0 unspecified atom stereocenters. The summed E-state index contributed by atoms with van der Waals surface area (Å²) < 4.78 is 0. The highest BCUT2D eigenvalue weighted by atomic mass is 16.1. The van der Waals surface area contributed by atoms with Crippen LogP contribution in [0.2, 0.25) is 6.32 Å². The molecule has 0 aromatic rings. The summed E-state index contributed by atoms with van der Waals surface area (Å²) in [6.45, 7) is 4.00. The Morgan fingerprint density at radius 2 is 2.25 bits per heavy atom. The number of carbonyl (C=O) groups excluding carboxylic acids is 1. The molecule has 1 rings (SSSR count). The lowest BCUT2D eigenvalue weighted by atomic mass is 9.72. The maximum absolute atomic E-state index is 10.8. The molecule has 1 fully saturated rings. The molecule has 0 aromatic carbocycles. The Kier molecular flexibility index (Phi) is 1.18. The van der Waals surface area contributed by atoms with Crippen molar-refractivity contribution in [1.82, 2.24) is 0 Å². The summed E-state index contributed by atoms with van der Waals surface area (Å²) >= 11 is 0. The lowest BCUT2D eigenvalue weighted by molar-refractivity contribution is -0.118. The minimum Gasteiger partial charge on any atom is -0.311 e. The van der Waals surface area contributed by atoms with Crippen LogP contribution < -0.4 is 0 Å². The van der Waals surface area contributed by atoms with Gasteiger partial charge in [-0.25, -0.2) is 0 Å². The van der Waals surface area contributed by atoms with Crippen molar-refractivity contribution >= 4 is 13.0 Å². The summed E-state index contributed by atoms with van der Waals surface area (Å²) in [4.78, 5) is 10.8. The third-order valence-electron chi connectivity index (χ3n) is 1.77. The Bertz CT molecular complexity index is 118. The van der Waals surface area contributed by atoms with Crippen LogP contribution in [0, 0.1) is 5.41 Å². The second-order valence-electron chi connectivity index (χ2n) is 2.99. The molecule has 0 aromatic heterocycles. The van der Waals surface area contributed by atoms with E-state index in [1.54, 1.807) is 7.28 Å². The molecule has 43 valence electrons. The van der Waals surface area contributed by atoms with Gasteiger partial charge in [0.1, 0.15) is 0 Å². The van der Waals surface area contributed by atoms with E-state index in [4.69, 9.17) is 0 Å². The summed E-state index contributed by atoms with van der Waals surface area (Å²) in [5.74, 6) is 0. The first-order valence-corrected chi connectivity index (χ1v) is 3.00. The van der Waals surface area contributed by atoms with E-state index in [2.05, 4.69) is 0 Å². The standard InChI is InChI=1S/C6H10BO/c1-6(2)3-4-7-5(6)8/h3-4H2,1-2H3. The van der Waals surface area contributed by atoms with Gasteiger partial charge in [0.25, 0.3) is 0 Å². The van der Waals surface area contributed by atoms with Crippen molar-refractivity contribution in [2.75, 3.05) is 0 Å². The normalized spacial score (nSPS) is 25.5. The van der Waals surface area contributed by atoms with Gasteiger partial charge >= 0.3 is 0 Å². The zero-order valence-corrected chi connectivity index (χ0v) is 5.40. The van der Waals surface area contributed by atoms with E-state index in [-0.39, 0.29) is 5.41 Å². The van der Waals surface area contributed by atoms with Crippen LogP contribution in [0.25, 0.3) is 0 Å². The van der Waals surface area contributed by atoms with Crippen LogP contribution >= 0.6 is 0 Å². The van der Waals surface area contributed by atoms with Gasteiger partial charge in [-0.3, -0.25) is 0 Å². The van der Waals surface area contributed by atoms with Gasteiger partial charge < -0.3 is 4.79 Å². The first kappa shape index (κ1) is 5.86. The third kappa shape index (κ3) is 0.793. The predicted octanol–water partition coefficient (Wildman–Crippen LogP) is 1.07. The Labute approximate surface area is 50.7 Å². The number of carbonyl (C=O) groups is 1. The van der Waals surface area contributed by atoms with Crippen LogP contribution in [0.1, 0.15) is 20.3 Å². The quantitative estimate of drug-likeness (QED) is 0.425. The molecule has 1 aliphatic heterocycles. The fourth-order valence-corrected chi connectivity index (χ4v) is 0.964. The number of hydrogen-bond acceptors (Lipinski definition) is 1. The second kappa shape index (κ2) is 1.61. The van der Waals surface area contributed by atoms with Gasteiger partial charge in [0.2, 0.25) is 7.28 Å². The number of hydrogen-bond donors (Lipinski definition) is 0.